The molecule has 2 aliphatic rings. The molecule has 0 saturated carbocycles. The summed E-state index contributed by atoms with van der Waals surface area (Å²) in [5.41, 5.74) is 15.5. The van der Waals surface area contributed by atoms with E-state index in [1.807, 2.05) is 0 Å². The highest BCUT2D eigenvalue weighted by Crippen LogP contribution is 2.65. The quantitative estimate of drug-likeness (QED) is 0.165. The molecule has 2 aliphatic carbocycles. The van der Waals surface area contributed by atoms with E-state index in [-0.39, 0.29) is 0 Å². The summed E-state index contributed by atoms with van der Waals surface area (Å²) in [5.74, 6) is 0. The molecule has 0 nitrogen and oxygen atoms in total. The van der Waals surface area contributed by atoms with E-state index in [1.165, 1.54) is 110 Å². The first-order valence-electron chi connectivity index (χ1n) is 17.9. The van der Waals surface area contributed by atoms with Gasteiger partial charge in [0.2, 0.25) is 0 Å². The van der Waals surface area contributed by atoms with Crippen LogP contribution in [-0.4, -0.2) is 0 Å². The molecule has 0 aliphatic heterocycles. The van der Waals surface area contributed by atoms with Crippen LogP contribution in [0.25, 0.3) is 87.6 Å². The van der Waals surface area contributed by atoms with E-state index in [0.29, 0.717) is 0 Å². The van der Waals surface area contributed by atoms with Crippen LogP contribution in [0, 0.1) is 0 Å². The van der Waals surface area contributed by atoms with Crippen molar-refractivity contribution in [2.45, 2.75) is 5.41 Å². The summed E-state index contributed by atoms with van der Waals surface area (Å²) in [6.45, 7) is 0. The van der Waals surface area contributed by atoms with Gasteiger partial charge in [-0.1, -0.05) is 170 Å². The first-order chi connectivity index (χ1) is 25.3. The lowest BCUT2D eigenvalue weighted by molar-refractivity contribution is 0.795. The molecule has 10 aromatic rings. The van der Waals surface area contributed by atoms with E-state index in [9.17, 15) is 0 Å². The summed E-state index contributed by atoms with van der Waals surface area (Å²) < 4.78 is 0. The van der Waals surface area contributed by atoms with Gasteiger partial charge in [-0.25, -0.2) is 0 Å². The summed E-state index contributed by atoms with van der Waals surface area (Å²) >= 11 is 0. The molecule has 0 radical (unpaired) electrons. The third kappa shape index (κ3) is 3.40. The average molecular weight is 643 g/mol. The number of benzene rings is 10. The third-order valence-corrected chi connectivity index (χ3v) is 12.0. The molecule has 1 spiro atoms. The molecule has 12 rings (SSSR count). The van der Waals surface area contributed by atoms with Gasteiger partial charge < -0.3 is 0 Å². The maximum Gasteiger partial charge on any atom is 0.0726 e. The number of hydrogen-bond acceptors (Lipinski definition) is 0. The topological polar surface area (TPSA) is 0 Å². The lowest BCUT2D eigenvalue weighted by atomic mass is 9.69. The van der Waals surface area contributed by atoms with Crippen LogP contribution in [0.4, 0.5) is 0 Å². The maximum absolute atomic E-state index is 2.54. The highest BCUT2D eigenvalue weighted by atomic mass is 14.5. The molecule has 0 N–H and O–H groups in total. The van der Waals surface area contributed by atoms with Crippen LogP contribution >= 0.6 is 0 Å². The Morgan fingerprint density at radius 2 is 0.882 bits per heavy atom. The molecule has 234 valence electrons. The fourth-order valence-electron chi connectivity index (χ4n) is 10.0. The first-order valence-corrected chi connectivity index (χ1v) is 17.9. The zero-order valence-electron chi connectivity index (χ0n) is 27.8. The minimum atomic E-state index is -0.453. The Bertz CT molecular complexity index is 3010. The van der Waals surface area contributed by atoms with Gasteiger partial charge in [-0.2, -0.15) is 0 Å². The zero-order chi connectivity index (χ0) is 33.3. The Labute approximate surface area is 296 Å². The van der Waals surface area contributed by atoms with Gasteiger partial charge in [0.15, 0.2) is 0 Å². The standard InChI is InChI=1S/C51H30/c1-2-11-31(12-3-1)48-38-16-5-4-13-35(38)30-46-50(48)42-28-25-36(29-45(42)51(46)43-19-8-6-17-39(43)40-18-7-9-20-44(40)51)37-26-23-34-22-21-32-14-10-15-33-24-27-41(37)49(34)47(32)33/h1-30H. The molecule has 51 heavy (non-hydrogen) atoms. The third-order valence-electron chi connectivity index (χ3n) is 12.0. The highest BCUT2D eigenvalue weighted by molar-refractivity contribution is 6.25. The van der Waals surface area contributed by atoms with Crippen molar-refractivity contribution in [2.24, 2.45) is 0 Å². The van der Waals surface area contributed by atoms with E-state index in [4.69, 9.17) is 0 Å². The van der Waals surface area contributed by atoms with Crippen molar-refractivity contribution in [1.29, 1.82) is 0 Å². The van der Waals surface area contributed by atoms with Crippen molar-refractivity contribution in [1.82, 2.24) is 0 Å². The van der Waals surface area contributed by atoms with E-state index in [1.54, 1.807) is 0 Å². The van der Waals surface area contributed by atoms with Gasteiger partial charge in [0, 0.05) is 0 Å². The minimum absolute atomic E-state index is 0.453. The summed E-state index contributed by atoms with van der Waals surface area (Å²) in [7, 11) is 0. The fourth-order valence-corrected chi connectivity index (χ4v) is 10.0. The second-order valence-electron chi connectivity index (χ2n) is 14.3. The van der Waals surface area contributed by atoms with Gasteiger partial charge in [0.25, 0.3) is 0 Å². The molecule has 0 heteroatoms. The smallest absolute Gasteiger partial charge is 0.0622 e. The van der Waals surface area contributed by atoms with Gasteiger partial charge in [-0.3, -0.25) is 0 Å². The normalized spacial score (nSPS) is 13.6. The van der Waals surface area contributed by atoms with E-state index >= 15 is 0 Å². The molecule has 0 atom stereocenters. The number of fused-ring (bicyclic) bond motifs is 11. The summed E-state index contributed by atoms with van der Waals surface area (Å²) in [5, 5.41) is 10.5. The molecule has 0 unspecified atom stereocenters. The summed E-state index contributed by atoms with van der Waals surface area (Å²) in [6.07, 6.45) is 0. The summed E-state index contributed by atoms with van der Waals surface area (Å²) in [4.78, 5) is 0. The maximum atomic E-state index is 2.54. The van der Waals surface area contributed by atoms with Crippen LogP contribution < -0.4 is 0 Å². The number of rotatable bonds is 2. The molecular weight excluding hydrogens is 613 g/mol. The lowest BCUT2D eigenvalue weighted by Gasteiger charge is -2.31. The van der Waals surface area contributed by atoms with Crippen molar-refractivity contribution >= 4 is 43.1 Å². The van der Waals surface area contributed by atoms with Gasteiger partial charge in [0.1, 0.15) is 0 Å². The Balaban J connectivity index is 1.24. The molecule has 0 amide bonds. The monoisotopic (exact) mass is 642 g/mol. The second kappa shape index (κ2) is 9.81. The van der Waals surface area contributed by atoms with Crippen molar-refractivity contribution in [3.05, 3.63) is 204 Å². The Kier molecular flexibility index (Phi) is 5.26. The van der Waals surface area contributed by atoms with Crippen LogP contribution in [0.1, 0.15) is 22.3 Å². The van der Waals surface area contributed by atoms with Crippen LogP contribution in [0.15, 0.2) is 182 Å². The van der Waals surface area contributed by atoms with Crippen LogP contribution in [0.2, 0.25) is 0 Å². The van der Waals surface area contributed by atoms with E-state index in [0.717, 1.165) is 0 Å². The fraction of sp³-hybridized carbons (Fsp3) is 0.0196. The minimum Gasteiger partial charge on any atom is -0.0622 e. The molecule has 10 aromatic carbocycles. The van der Waals surface area contributed by atoms with Crippen LogP contribution in [-0.2, 0) is 5.41 Å². The van der Waals surface area contributed by atoms with Crippen molar-refractivity contribution in [3.63, 3.8) is 0 Å². The first kappa shape index (κ1) is 27.3. The Hall–Kier alpha value is -6.50. The van der Waals surface area contributed by atoms with Crippen LogP contribution in [0.3, 0.4) is 0 Å². The largest absolute Gasteiger partial charge is 0.0726 e. The predicted octanol–water partition coefficient (Wildman–Crippen LogP) is 13.4. The molecule has 0 bridgehead atoms. The average Bonchev–Trinajstić information content (AvgIpc) is 3.66. The highest BCUT2D eigenvalue weighted by Gasteiger charge is 2.52. The van der Waals surface area contributed by atoms with Gasteiger partial charge >= 0.3 is 0 Å². The molecular formula is C51H30. The molecule has 0 aromatic heterocycles. The molecule has 0 saturated heterocycles. The predicted molar refractivity (Wildman–Crippen MR) is 215 cm³/mol. The van der Waals surface area contributed by atoms with E-state index in [2.05, 4.69) is 182 Å². The van der Waals surface area contributed by atoms with Gasteiger partial charge in [-0.05, 0) is 122 Å². The van der Waals surface area contributed by atoms with Crippen molar-refractivity contribution < 1.29 is 0 Å². The Morgan fingerprint density at radius 1 is 0.275 bits per heavy atom. The van der Waals surface area contributed by atoms with Gasteiger partial charge in [-0.15, -0.1) is 0 Å². The second-order valence-corrected chi connectivity index (χ2v) is 14.3. The lowest BCUT2D eigenvalue weighted by Crippen LogP contribution is -2.26. The molecule has 0 fully saturated rings. The number of hydrogen-bond donors (Lipinski definition) is 0. The zero-order valence-corrected chi connectivity index (χ0v) is 27.8. The Morgan fingerprint density at radius 3 is 1.67 bits per heavy atom. The van der Waals surface area contributed by atoms with Crippen LogP contribution in [0.5, 0.6) is 0 Å². The summed E-state index contributed by atoms with van der Waals surface area (Å²) in [6, 6.07) is 68.6. The van der Waals surface area contributed by atoms with Crippen molar-refractivity contribution in [3.8, 4) is 44.5 Å². The SMILES string of the molecule is c1ccc(-c2c3c(cc4ccccc24)C2(c4ccccc4-c4ccccc42)c2cc(-c4ccc5ccc6cccc7ccc4c5c67)ccc2-3)cc1. The molecule has 0 heterocycles. The van der Waals surface area contributed by atoms with Gasteiger partial charge in [0.05, 0.1) is 5.41 Å². The van der Waals surface area contributed by atoms with Crippen molar-refractivity contribution in [2.75, 3.05) is 0 Å². The van der Waals surface area contributed by atoms with E-state index < -0.39 is 5.41 Å².